The van der Waals surface area contributed by atoms with E-state index in [-0.39, 0.29) is 24.3 Å². The minimum atomic E-state index is -0.622. The van der Waals surface area contributed by atoms with Crippen LogP contribution in [0.4, 0.5) is 9.18 Å². The number of piperidine rings is 1. The molecule has 0 unspecified atom stereocenters. The van der Waals surface area contributed by atoms with Gasteiger partial charge in [-0.2, -0.15) is 9.78 Å². The number of ether oxygens (including phenoxy) is 1. The van der Waals surface area contributed by atoms with E-state index in [1.807, 2.05) is 0 Å². The van der Waals surface area contributed by atoms with Gasteiger partial charge in [0.15, 0.2) is 0 Å². The first-order valence-electron chi connectivity index (χ1n) is 11.5. The maximum atomic E-state index is 13.9. The van der Waals surface area contributed by atoms with Crippen molar-refractivity contribution in [3.63, 3.8) is 0 Å². The fraction of sp³-hybridized carbons (Fsp3) is 0.360. The van der Waals surface area contributed by atoms with E-state index in [0.717, 1.165) is 41.7 Å². The van der Waals surface area contributed by atoms with E-state index in [2.05, 4.69) is 10.00 Å². The van der Waals surface area contributed by atoms with Crippen molar-refractivity contribution in [2.24, 2.45) is 0 Å². The predicted molar refractivity (Wildman–Crippen MR) is 122 cm³/mol. The third-order valence-corrected chi connectivity index (χ3v) is 6.60. The summed E-state index contributed by atoms with van der Waals surface area (Å²) in [6.07, 6.45) is 0.978. The van der Waals surface area contributed by atoms with Crippen LogP contribution in [-0.2, 0) is 4.74 Å². The molecular weight excluding hydrogens is 439 g/mol. The van der Waals surface area contributed by atoms with Crippen LogP contribution >= 0.6 is 0 Å². The quantitative estimate of drug-likeness (QED) is 0.536. The SMILES string of the molecule is CCOC(=O)n1nc(C2CCN(CCN3C(=O)c4ccccc4C3=O)CC2)c2ccc(F)cc21. The van der Waals surface area contributed by atoms with Gasteiger partial charge in [-0.25, -0.2) is 9.18 Å². The highest BCUT2D eigenvalue weighted by Crippen LogP contribution is 2.33. The number of carbonyl (C=O) groups excluding carboxylic acids is 3. The molecule has 2 aliphatic heterocycles. The van der Waals surface area contributed by atoms with Crippen molar-refractivity contribution in [3.8, 4) is 0 Å². The molecule has 8 nitrogen and oxygen atoms in total. The van der Waals surface area contributed by atoms with Crippen LogP contribution in [-0.4, -0.2) is 70.3 Å². The molecule has 3 aromatic rings. The van der Waals surface area contributed by atoms with E-state index in [1.165, 1.54) is 17.0 Å². The van der Waals surface area contributed by atoms with E-state index in [1.54, 1.807) is 37.3 Å². The second-order valence-electron chi connectivity index (χ2n) is 8.58. The van der Waals surface area contributed by atoms with Crippen molar-refractivity contribution in [1.82, 2.24) is 19.6 Å². The first kappa shape index (κ1) is 22.2. The number of hydrogen-bond acceptors (Lipinski definition) is 6. The molecule has 1 aromatic heterocycles. The molecule has 0 N–H and O–H groups in total. The molecule has 2 aromatic carbocycles. The molecule has 0 saturated carbocycles. The number of fused-ring (bicyclic) bond motifs is 2. The maximum absolute atomic E-state index is 13.9. The molecular formula is C25H25FN4O4. The predicted octanol–water partition coefficient (Wildman–Crippen LogP) is 3.66. The number of nitrogens with zero attached hydrogens (tertiary/aromatic N) is 4. The zero-order valence-electron chi connectivity index (χ0n) is 18.9. The summed E-state index contributed by atoms with van der Waals surface area (Å²) in [7, 11) is 0. The second kappa shape index (κ2) is 8.98. The number of hydrogen-bond donors (Lipinski definition) is 0. The van der Waals surface area contributed by atoms with Crippen LogP contribution in [0.5, 0.6) is 0 Å². The number of carbonyl (C=O) groups is 3. The number of likely N-dealkylation sites (tertiary alicyclic amines) is 1. The normalized spacial score (nSPS) is 16.9. The fourth-order valence-electron chi connectivity index (χ4n) is 4.85. The van der Waals surface area contributed by atoms with Crippen molar-refractivity contribution in [3.05, 3.63) is 65.1 Å². The van der Waals surface area contributed by atoms with Crippen molar-refractivity contribution in [1.29, 1.82) is 0 Å². The second-order valence-corrected chi connectivity index (χ2v) is 8.58. The first-order valence-corrected chi connectivity index (χ1v) is 11.5. The van der Waals surface area contributed by atoms with E-state index in [9.17, 15) is 18.8 Å². The van der Waals surface area contributed by atoms with Gasteiger partial charge in [0.05, 0.1) is 28.9 Å². The smallest absolute Gasteiger partial charge is 0.435 e. The monoisotopic (exact) mass is 464 g/mol. The number of halogens is 1. The van der Waals surface area contributed by atoms with Crippen LogP contribution in [0.15, 0.2) is 42.5 Å². The van der Waals surface area contributed by atoms with Gasteiger partial charge in [0.1, 0.15) is 5.82 Å². The number of aromatic nitrogens is 2. The lowest BCUT2D eigenvalue weighted by Crippen LogP contribution is -2.41. The molecule has 2 amide bonds. The zero-order valence-corrected chi connectivity index (χ0v) is 18.9. The molecule has 5 rings (SSSR count). The summed E-state index contributed by atoms with van der Waals surface area (Å²) in [4.78, 5) is 41.1. The zero-order chi connectivity index (χ0) is 23.8. The molecule has 3 heterocycles. The van der Waals surface area contributed by atoms with Gasteiger partial charge in [-0.1, -0.05) is 12.1 Å². The Kier molecular flexibility index (Phi) is 5.87. The minimum absolute atomic E-state index is 0.110. The third kappa shape index (κ3) is 3.86. The van der Waals surface area contributed by atoms with Crippen molar-refractivity contribution < 1.29 is 23.5 Å². The van der Waals surface area contributed by atoms with E-state index >= 15 is 0 Å². The summed E-state index contributed by atoms with van der Waals surface area (Å²) in [6.45, 7) is 4.39. The Morgan fingerprint density at radius 2 is 1.74 bits per heavy atom. The molecule has 0 atom stereocenters. The Morgan fingerprint density at radius 3 is 2.38 bits per heavy atom. The van der Waals surface area contributed by atoms with Gasteiger partial charge in [0.25, 0.3) is 11.8 Å². The van der Waals surface area contributed by atoms with Crippen LogP contribution in [0.1, 0.15) is 52.1 Å². The molecule has 34 heavy (non-hydrogen) atoms. The van der Waals surface area contributed by atoms with Crippen LogP contribution < -0.4 is 0 Å². The Hall–Kier alpha value is -3.59. The molecule has 0 spiro atoms. The fourth-order valence-corrected chi connectivity index (χ4v) is 4.85. The Morgan fingerprint density at radius 1 is 1.06 bits per heavy atom. The van der Waals surface area contributed by atoms with Crippen molar-refractivity contribution >= 4 is 28.8 Å². The van der Waals surface area contributed by atoms with E-state index in [4.69, 9.17) is 4.74 Å². The molecule has 0 aliphatic carbocycles. The van der Waals surface area contributed by atoms with Crippen LogP contribution in [0.25, 0.3) is 10.9 Å². The highest BCUT2D eigenvalue weighted by atomic mass is 19.1. The number of amides is 2. The number of imide groups is 1. The minimum Gasteiger partial charge on any atom is -0.448 e. The molecule has 2 aliphatic rings. The van der Waals surface area contributed by atoms with Gasteiger partial charge >= 0.3 is 6.09 Å². The Balaban J connectivity index is 1.25. The molecule has 9 heteroatoms. The Labute approximate surface area is 195 Å². The summed E-state index contributed by atoms with van der Waals surface area (Å²) in [5.74, 6) is -0.802. The van der Waals surface area contributed by atoms with Crippen LogP contribution in [0, 0.1) is 5.82 Å². The van der Waals surface area contributed by atoms with E-state index in [0.29, 0.717) is 29.7 Å². The van der Waals surface area contributed by atoms with Crippen molar-refractivity contribution in [2.75, 3.05) is 32.8 Å². The summed E-state index contributed by atoms with van der Waals surface area (Å²) < 4.78 is 20.1. The number of rotatable bonds is 5. The largest absolute Gasteiger partial charge is 0.448 e. The lowest BCUT2D eigenvalue weighted by atomic mass is 9.91. The lowest BCUT2D eigenvalue weighted by molar-refractivity contribution is 0.0629. The molecule has 176 valence electrons. The van der Waals surface area contributed by atoms with E-state index < -0.39 is 11.9 Å². The maximum Gasteiger partial charge on any atom is 0.435 e. The van der Waals surface area contributed by atoms with Crippen LogP contribution in [0.3, 0.4) is 0 Å². The topological polar surface area (TPSA) is 84.7 Å². The Bertz CT molecular complexity index is 1240. The lowest BCUT2D eigenvalue weighted by Gasteiger charge is -2.32. The van der Waals surface area contributed by atoms with Gasteiger partial charge in [0, 0.05) is 30.5 Å². The number of benzene rings is 2. The van der Waals surface area contributed by atoms with Gasteiger partial charge in [-0.05, 0) is 57.1 Å². The molecule has 1 fully saturated rings. The summed E-state index contributed by atoms with van der Waals surface area (Å²) >= 11 is 0. The summed E-state index contributed by atoms with van der Waals surface area (Å²) in [5, 5.41) is 5.26. The average Bonchev–Trinajstić information content (AvgIpc) is 3.34. The highest BCUT2D eigenvalue weighted by molar-refractivity contribution is 6.21. The first-order chi connectivity index (χ1) is 16.5. The standard InChI is InChI=1S/C25H25FN4O4/c1-2-34-25(33)30-21-15-17(26)7-8-20(21)22(27-30)16-9-11-28(12-10-16)13-14-29-23(31)18-5-3-4-6-19(18)24(29)32/h3-8,15-16H,2,9-14H2,1H3. The van der Waals surface area contributed by atoms with Gasteiger partial charge in [-0.3, -0.25) is 14.5 Å². The average molecular weight is 464 g/mol. The van der Waals surface area contributed by atoms with Gasteiger partial charge in [0.2, 0.25) is 0 Å². The molecule has 1 saturated heterocycles. The third-order valence-electron chi connectivity index (χ3n) is 6.60. The summed E-state index contributed by atoms with van der Waals surface area (Å²) in [5.41, 5.74) is 2.10. The van der Waals surface area contributed by atoms with Crippen molar-refractivity contribution in [2.45, 2.75) is 25.7 Å². The molecule has 0 radical (unpaired) electrons. The van der Waals surface area contributed by atoms with Gasteiger partial charge < -0.3 is 9.64 Å². The summed E-state index contributed by atoms with van der Waals surface area (Å²) in [6, 6.07) is 11.2. The van der Waals surface area contributed by atoms with Gasteiger partial charge in [-0.15, -0.1) is 0 Å². The molecule has 0 bridgehead atoms. The highest BCUT2D eigenvalue weighted by Gasteiger charge is 2.35. The van der Waals surface area contributed by atoms with Crippen LogP contribution in [0.2, 0.25) is 0 Å².